The van der Waals surface area contributed by atoms with Gasteiger partial charge in [-0.1, -0.05) is 30.3 Å². The molecule has 0 unspecified atom stereocenters. The van der Waals surface area contributed by atoms with Crippen molar-refractivity contribution in [1.29, 1.82) is 0 Å². The molecule has 0 atom stereocenters. The number of alkyl halides is 3. The minimum atomic E-state index is -4.59. The van der Waals surface area contributed by atoms with E-state index in [0.717, 1.165) is 21.9 Å². The minimum absolute atomic E-state index is 0.223. The lowest BCUT2D eigenvalue weighted by atomic mass is 9.60. The first kappa shape index (κ1) is 17.8. The predicted molar refractivity (Wildman–Crippen MR) is 100.0 cm³/mol. The zero-order valence-electron chi connectivity index (χ0n) is 13.9. The average molecular weight is 387 g/mol. The first-order valence-electron chi connectivity index (χ1n) is 8.19. The van der Waals surface area contributed by atoms with Crippen molar-refractivity contribution < 1.29 is 22.6 Å². The number of carbonyl (C=O) groups is 1. The Kier molecular flexibility index (Phi) is 4.53. The number of thiophene rings is 1. The lowest BCUT2D eigenvalue weighted by Crippen LogP contribution is -2.39. The van der Waals surface area contributed by atoms with Crippen LogP contribution in [0.4, 0.5) is 18.9 Å². The fraction of sp³-hybridized carbons (Fsp3) is 0.105. The Morgan fingerprint density at radius 1 is 1.11 bits per heavy atom. The van der Waals surface area contributed by atoms with Crippen molar-refractivity contribution in [2.75, 3.05) is 5.32 Å². The SMILES string of the molecule is O=C(Nc1ccc2c(c1)B(c1cccs1)OC2)c1ccccc1C(F)(F)F. The summed E-state index contributed by atoms with van der Waals surface area (Å²) in [5.41, 5.74) is 0.990. The fourth-order valence-electron chi connectivity index (χ4n) is 3.11. The molecule has 3 nitrogen and oxygen atoms in total. The van der Waals surface area contributed by atoms with Crippen LogP contribution in [0.3, 0.4) is 0 Å². The Morgan fingerprint density at radius 2 is 1.93 bits per heavy atom. The predicted octanol–water partition coefficient (Wildman–Crippen LogP) is 3.66. The summed E-state index contributed by atoms with van der Waals surface area (Å²) in [5.74, 6) is -0.797. The van der Waals surface area contributed by atoms with Crippen LogP contribution < -0.4 is 15.6 Å². The van der Waals surface area contributed by atoms with Gasteiger partial charge in [-0.15, -0.1) is 0 Å². The summed E-state index contributed by atoms with van der Waals surface area (Å²) in [7, 11) is 0. The molecule has 8 heteroatoms. The summed E-state index contributed by atoms with van der Waals surface area (Å²) >= 11 is 1.57. The van der Waals surface area contributed by atoms with E-state index in [1.165, 1.54) is 18.2 Å². The molecule has 0 saturated carbocycles. The third-order valence-electron chi connectivity index (χ3n) is 4.37. The zero-order chi connectivity index (χ0) is 19.0. The van der Waals surface area contributed by atoms with Crippen LogP contribution in [0.15, 0.2) is 60.0 Å². The van der Waals surface area contributed by atoms with Gasteiger partial charge in [0, 0.05) is 10.5 Å². The number of fused-ring (bicyclic) bond motifs is 1. The molecule has 1 aliphatic heterocycles. The van der Waals surface area contributed by atoms with Crippen molar-refractivity contribution in [2.45, 2.75) is 12.8 Å². The first-order valence-corrected chi connectivity index (χ1v) is 9.07. The maximum absolute atomic E-state index is 13.1. The van der Waals surface area contributed by atoms with E-state index in [1.807, 2.05) is 23.6 Å². The van der Waals surface area contributed by atoms with Crippen molar-refractivity contribution >= 4 is 40.1 Å². The molecule has 1 aromatic heterocycles. The smallest absolute Gasteiger partial charge is 0.417 e. The molecule has 1 N–H and O–H groups in total. The Morgan fingerprint density at radius 3 is 2.67 bits per heavy atom. The molecular formula is C19H13BF3NO2S. The normalized spacial score (nSPS) is 13.5. The molecule has 2 heterocycles. The van der Waals surface area contributed by atoms with Gasteiger partial charge in [0.1, 0.15) is 0 Å². The number of hydrogen-bond acceptors (Lipinski definition) is 3. The van der Waals surface area contributed by atoms with Gasteiger partial charge in [0.2, 0.25) is 0 Å². The van der Waals surface area contributed by atoms with Gasteiger partial charge in [-0.05, 0) is 40.7 Å². The second-order valence-corrected chi connectivity index (χ2v) is 7.10. The second-order valence-electron chi connectivity index (χ2n) is 6.12. The molecule has 27 heavy (non-hydrogen) atoms. The van der Waals surface area contributed by atoms with Gasteiger partial charge in [0.25, 0.3) is 5.91 Å². The Labute approximate surface area is 157 Å². The van der Waals surface area contributed by atoms with E-state index in [0.29, 0.717) is 12.3 Å². The van der Waals surface area contributed by atoms with Crippen LogP contribution in [0.1, 0.15) is 21.5 Å². The number of nitrogens with one attached hydrogen (secondary N) is 1. The van der Waals surface area contributed by atoms with Crippen molar-refractivity contribution in [1.82, 2.24) is 0 Å². The van der Waals surface area contributed by atoms with Gasteiger partial charge in [-0.25, -0.2) is 0 Å². The van der Waals surface area contributed by atoms with Gasteiger partial charge < -0.3 is 9.97 Å². The molecule has 4 rings (SSSR count). The molecule has 0 aliphatic carbocycles. The molecule has 0 bridgehead atoms. The van der Waals surface area contributed by atoms with Gasteiger partial charge in [-0.3, -0.25) is 4.79 Å². The Balaban J connectivity index is 1.62. The van der Waals surface area contributed by atoms with Gasteiger partial charge >= 0.3 is 13.1 Å². The molecule has 1 amide bonds. The molecule has 0 fully saturated rings. The monoisotopic (exact) mass is 387 g/mol. The summed E-state index contributed by atoms with van der Waals surface area (Å²) in [6.45, 7) is 0.238. The summed E-state index contributed by atoms with van der Waals surface area (Å²) in [6.07, 6.45) is -4.59. The highest BCUT2D eigenvalue weighted by Gasteiger charge is 2.35. The molecule has 0 radical (unpaired) electrons. The number of carbonyl (C=O) groups excluding carboxylic acids is 1. The van der Waals surface area contributed by atoms with Gasteiger partial charge in [-0.2, -0.15) is 24.5 Å². The van der Waals surface area contributed by atoms with Crippen molar-refractivity contribution in [3.63, 3.8) is 0 Å². The molecule has 0 spiro atoms. The van der Waals surface area contributed by atoms with E-state index in [2.05, 4.69) is 5.32 Å². The standard InChI is InChI=1S/C19H13BF3NO2S/c21-19(22,23)15-5-2-1-4-14(15)18(25)24-13-8-7-12-11-26-20(16(12)10-13)17-6-3-9-27-17/h1-10H,11H2,(H,24,25). The lowest BCUT2D eigenvalue weighted by molar-refractivity contribution is -0.137. The van der Waals surface area contributed by atoms with E-state index in [4.69, 9.17) is 4.65 Å². The minimum Gasteiger partial charge on any atom is -0.422 e. The molecule has 3 aromatic rings. The van der Waals surface area contributed by atoms with Crippen LogP contribution in [-0.4, -0.2) is 12.8 Å². The highest BCUT2D eigenvalue weighted by atomic mass is 32.1. The zero-order valence-corrected chi connectivity index (χ0v) is 14.7. The summed E-state index contributed by atoms with van der Waals surface area (Å²) < 4.78 is 46.3. The van der Waals surface area contributed by atoms with E-state index < -0.39 is 23.2 Å². The first-order chi connectivity index (χ1) is 12.9. The highest BCUT2D eigenvalue weighted by molar-refractivity contribution is 7.23. The van der Waals surface area contributed by atoms with Crippen LogP contribution in [-0.2, 0) is 17.4 Å². The lowest BCUT2D eigenvalue weighted by Gasteiger charge is -2.13. The maximum atomic E-state index is 13.1. The highest BCUT2D eigenvalue weighted by Crippen LogP contribution is 2.32. The van der Waals surface area contributed by atoms with Crippen LogP contribution in [0.2, 0.25) is 0 Å². The largest absolute Gasteiger partial charge is 0.422 e. The van der Waals surface area contributed by atoms with Crippen LogP contribution in [0.25, 0.3) is 0 Å². The number of amides is 1. The third kappa shape index (κ3) is 3.50. The summed E-state index contributed by atoms with van der Waals surface area (Å²) in [4.78, 5) is 12.5. The van der Waals surface area contributed by atoms with Crippen molar-refractivity contribution in [3.8, 4) is 0 Å². The summed E-state index contributed by atoms with van der Waals surface area (Å²) in [6, 6.07) is 13.9. The quantitative estimate of drug-likeness (QED) is 0.697. The van der Waals surface area contributed by atoms with E-state index in [9.17, 15) is 18.0 Å². The Hall–Kier alpha value is -2.58. The van der Waals surface area contributed by atoms with Crippen molar-refractivity contribution in [2.24, 2.45) is 0 Å². The maximum Gasteiger partial charge on any atom is 0.417 e. The topological polar surface area (TPSA) is 38.3 Å². The second kappa shape index (κ2) is 6.86. The Bertz CT molecular complexity index is 989. The van der Waals surface area contributed by atoms with E-state index in [1.54, 1.807) is 23.5 Å². The van der Waals surface area contributed by atoms with Crippen LogP contribution in [0, 0.1) is 0 Å². The molecule has 2 aromatic carbocycles. The van der Waals surface area contributed by atoms with Crippen LogP contribution in [0.5, 0.6) is 0 Å². The number of halogens is 3. The van der Waals surface area contributed by atoms with Crippen LogP contribution >= 0.6 is 11.3 Å². The fourth-order valence-corrected chi connectivity index (χ4v) is 3.90. The number of rotatable bonds is 3. The van der Waals surface area contributed by atoms with Gasteiger partial charge in [0.15, 0.2) is 0 Å². The van der Waals surface area contributed by atoms with Gasteiger partial charge in [0.05, 0.1) is 17.7 Å². The third-order valence-corrected chi connectivity index (χ3v) is 5.29. The van der Waals surface area contributed by atoms with E-state index in [-0.39, 0.29) is 6.92 Å². The number of hydrogen-bond donors (Lipinski definition) is 1. The van der Waals surface area contributed by atoms with E-state index >= 15 is 0 Å². The number of anilines is 1. The molecule has 136 valence electrons. The summed E-state index contributed by atoms with van der Waals surface area (Å²) in [5, 5.41) is 4.53. The molecular weight excluding hydrogens is 374 g/mol. The number of benzene rings is 2. The van der Waals surface area contributed by atoms with Crippen molar-refractivity contribution in [3.05, 3.63) is 76.7 Å². The molecule has 1 aliphatic rings. The molecule has 0 saturated heterocycles. The average Bonchev–Trinajstić information content (AvgIpc) is 3.30.